The van der Waals surface area contributed by atoms with E-state index in [9.17, 15) is 0 Å². The minimum Gasteiger partial charge on any atom is -0.493 e. The summed E-state index contributed by atoms with van der Waals surface area (Å²) in [5.41, 5.74) is 8.64. The Bertz CT molecular complexity index is 601. The minimum absolute atomic E-state index is 0.0670. The summed E-state index contributed by atoms with van der Waals surface area (Å²) in [4.78, 5) is 0. The summed E-state index contributed by atoms with van der Waals surface area (Å²) in [7, 11) is 3.28. The maximum atomic E-state index is 6.26. The lowest BCUT2D eigenvalue weighted by atomic mass is 9.99. The Morgan fingerprint density at radius 1 is 0.952 bits per heavy atom. The summed E-state index contributed by atoms with van der Waals surface area (Å²) < 4.78 is 11.6. The highest BCUT2D eigenvalue weighted by atomic mass is 79.9. The Morgan fingerprint density at radius 3 is 2.24 bits per heavy atom. The number of benzene rings is 2. The van der Waals surface area contributed by atoms with E-state index in [1.807, 2.05) is 30.3 Å². The molecule has 0 bridgehead atoms. The fourth-order valence-corrected chi connectivity index (χ4v) is 2.80. The molecule has 0 saturated heterocycles. The third kappa shape index (κ3) is 4.48. The van der Waals surface area contributed by atoms with E-state index in [4.69, 9.17) is 15.2 Å². The van der Waals surface area contributed by atoms with E-state index < -0.39 is 0 Å². The van der Waals surface area contributed by atoms with Gasteiger partial charge in [0, 0.05) is 10.5 Å². The van der Waals surface area contributed by atoms with Gasteiger partial charge in [-0.1, -0.05) is 34.1 Å². The van der Waals surface area contributed by atoms with Crippen molar-refractivity contribution in [2.45, 2.75) is 18.9 Å². The Kier molecular flexibility index (Phi) is 5.65. The Labute approximate surface area is 134 Å². The molecule has 1 atom stereocenters. The molecule has 2 aromatic carbocycles. The second kappa shape index (κ2) is 7.48. The molecule has 2 aromatic rings. The van der Waals surface area contributed by atoms with Crippen LogP contribution in [0.1, 0.15) is 11.1 Å². The number of methoxy groups -OCH3 is 2. The van der Waals surface area contributed by atoms with Gasteiger partial charge in [-0.15, -0.1) is 0 Å². The molecule has 0 aliphatic rings. The van der Waals surface area contributed by atoms with Crippen molar-refractivity contribution in [1.29, 1.82) is 0 Å². The zero-order valence-corrected chi connectivity index (χ0v) is 13.9. The monoisotopic (exact) mass is 349 g/mol. The van der Waals surface area contributed by atoms with Crippen LogP contribution in [0.4, 0.5) is 0 Å². The lowest BCUT2D eigenvalue weighted by molar-refractivity contribution is 0.354. The standard InChI is InChI=1S/C17H20BrNO2/c1-20-16-7-6-13(11-17(16)21-2)10-15(19)9-12-4-3-5-14(18)8-12/h3-8,11,15H,9-10,19H2,1-2H3. The topological polar surface area (TPSA) is 44.5 Å². The molecule has 0 radical (unpaired) electrons. The van der Waals surface area contributed by atoms with Crippen LogP contribution < -0.4 is 15.2 Å². The normalized spacial score (nSPS) is 12.0. The van der Waals surface area contributed by atoms with E-state index in [1.165, 1.54) is 5.56 Å². The van der Waals surface area contributed by atoms with Gasteiger partial charge in [-0.2, -0.15) is 0 Å². The van der Waals surface area contributed by atoms with Crippen LogP contribution in [-0.2, 0) is 12.8 Å². The van der Waals surface area contributed by atoms with Crippen molar-refractivity contribution in [2.75, 3.05) is 14.2 Å². The van der Waals surface area contributed by atoms with Crippen LogP contribution in [0, 0.1) is 0 Å². The van der Waals surface area contributed by atoms with E-state index >= 15 is 0 Å². The third-order valence-corrected chi connectivity index (χ3v) is 3.83. The number of rotatable bonds is 6. The first-order valence-electron chi connectivity index (χ1n) is 6.83. The van der Waals surface area contributed by atoms with Crippen molar-refractivity contribution in [1.82, 2.24) is 0 Å². The average molecular weight is 350 g/mol. The zero-order valence-electron chi connectivity index (χ0n) is 12.3. The van der Waals surface area contributed by atoms with Gasteiger partial charge >= 0.3 is 0 Å². The van der Waals surface area contributed by atoms with Crippen molar-refractivity contribution in [3.63, 3.8) is 0 Å². The van der Waals surface area contributed by atoms with Gasteiger partial charge in [0.15, 0.2) is 11.5 Å². The van der Waals surface area contributed by atoms with Crippen LogP contribution >= 0.6 is 15.9 Å². The van der Waals surface area contributed by atoms with Crippen molar-refractivity contribution in [3.05, 3.63) is 58.1 Å². The smallest absolute Gasteiger partial charge is 0.160 e. The number of nitrogens with two attached hydrogens (primary N) is 1. The van der Waals surface area contributed by atoms with Crippen molar-refractivity contribution < 1.29 is 9.47 Å². The molecule has 0 amide bonds. The summed E-state index contributed by atoms with van der Waals surface area (Å²) in [6.07, 6.45) is 1.64. The quantitative estimate of drug-likeness (QED) is 0.866. The molecule has 4 heteroatoms. The van der Waals surface area contributed by atoms with Crippen molar-refractivity contribution in [3.8, 4) is 11.5 Å². The number of halogens is 1. The molecular formula is C17H20BrNO2. The molecule has 0 aliphatic heterocycles. The predicted molar refractivity (Wildman–Crippen MR) is 89.1 cm³/mol. The van der Waals surface area contributed by atoms with Gasteiger partial charge in [-0.05, 0) is 48.2 Å². The number of ether oxygens (including phenoxy) is 2. The molecule has 0 saturated carbocycles. The van der Waals surface area contributed by atoms with Gasteiger partial charge in [-0.25, -0.2) is 0 Å². The molecule has 0 aromatic heterocycles. The average Bonchev–Trinajstić information content (AvgIpc) is 2.47. The summed E-state index contributed by atoms with van der Waals surface area (Å²) >= 11 is 3.48. The fraction of sp³-hybridized carbons (Fsp3) is 0.294. The van der Waals surface area contributed by atoms with Crippen molar-refractivity contribution >= 4 is 15.9 Å². The molecule has 1 unspecified atom stereocenters. The van der Waals surface area contributed by atoms with E-state index in [0.717, 1.165) is 34.4 Å². The number of hydrogen-bond acceptors (Lipinski definition) is 3. The Hall–Kier alpha value is -1.52. The molecule has 0 spiro atoms. The number of hydrogen-bond donors (Lipinski definition) is 1. The van der Waals surface area contributed by atoms with Gasteiger partial charge < -0.3 is 15.2 Å². The van der Waals surface area contributed by atoms with E-state index in [-0.39, 0.29) is 6.04 Å². The maximum Gasteiger partial charge on any atom is 0.160 e. The molecule has 0 fully saturated rings. The fourth-order valence-electron chi connectivity index (χ4n) is 2.35. The van der Waals surface area contributed by atoms with Gasteiger partial charge in [0.1, 0.15) is 0 Å². The SMILES string of the molecule is COc1ccc(CC(N)Cc2cccc(Br)c2)cc1OC. The van der Waals surface area contributed by atoms with Crippen LogP contribution in [0.2, 0.25) is 0 Å². The first-order valence-corrected chi connectivity index (χ1v) is 7.62. The van der Waals surface area contributed by atoms with Crippen LogP contribution in [-0.4, -0.2) is 20.3 Å². The van der Waals surface area contributed by atoms with E-state index in [2.05, 4.69) is 28.1 Å². The highest BCUT2D eigenvalue weighted by Crippen LogP contribution is 2.28. The van der Waals surface area contributed by atoms with Gasteiger partial charge in [0.05, 0.1) is 14.2 Å². The van der Waals surface area contributed by atoms with E-state index in [1.54, 1.807) is 14.2 Å². The summed E-state index contributed by atoms with van der Waals surface area (Å²) in [5.74, 6) is 1.48. The lowest BCUT2D eigenvalue weighted by Crippen LogP contribution is -2.25. The Balaban J connectivity index is 2.04. The maximum absolute atomic E-state index is 6.26. The van der Waals surface area contributed by atoms with Crippen LogP contribution in [0.3, 0.4) is 0 Å². The molecule has 112 valence electrons. The van der Waals surface area contributed by atoms with Gasteiger partial charge in [-0.3, -0.25) is 0 Å². The van der Waals surface area contributed by atoms with Crippen LogP contribution in [0.25, 0.3) is 0 Å². The highest BCUT2D eigenvalue weighted by Gasteiger charge is 2.09. The van der Waals surface area contributed by atoms with Gasteiger partial charge in [0.25, 0.3) is 0 Å². The third-order valence-electron chi connectivity index (χ3n) is 3.33. The second-order valence-electron chi connectivity index (χ2n) is 4.99. The summed E-state index contributed by atoms with van der Waals surface area (Å²) in [6, 6.07) is 14.2. The largest absolute Gasteiger partial charge is 0.493 e. The molecule has 2 rings (SSSR count). The highest BCUT2D eigenvalue weighted by molar-refractivity contribution is 9.10. The van der Waals surface area contributed by atoms with Gasteiger partial charge in [0.2, 0.25) is 0 Å². The summed E-state index contributed by atoms with van der Waals surface area (Å²) in [5, 5.41) is 0. The molecule has 0 heterocycles. The van der Waals surface area contributed by atoms with E-state index in [0.29, 0.717) is 0 Å². The molecule has 2 N–H and O–H groups in total. The molecule has 21 heavy (non-hydrogen) atoms. The predicted octanol–water partition coefficient (Wildman–Crippen LogP) is 3.58. The first kappa shape index (κ1) is 15.9. The molecule has 3 nitrogen and oxygen atoms in total. The second-order valence-corrected chi connectivity index (χ2v) is 5.90. The van der Waals surface area contributed by atoms with Crippen LogP contribution in [0.15, 0.2) is 46.9 Å². The molecular weight excluding hydrogens is 330 g/mol. The Morgan fingerprint density at radius 2 is 1.62 bits per heavy atom. The van der Waals surface area contributed by atoms with Crippen molar-refractivity contribution in [2.24, 2.45) is 5.73 Å². The molecule has 0 aliphatic carbocycles. The van der Waals surface area contributed by atoms with Crippen LogP contribution in [0.5, 0.6) is 11.5 Å². The first-order chi connectivity index (χ1) is 10.1. The lowest BCUT2D eigenvalue weighted by Gasteiger charge is -2.14. The zero-order chi connectivity index (χ0) is 15.2. The minimum atomic E-state index is 0.0670. The summed E-state index contributed by atoms with van der Waals surface area (Å²) in [6.45, 7) is 0.